The summed E-state index contributed by atoms with van der Waals surface area (Å²) in [5, 5.41) is 3.40. The van der Waals surface area contributed by atoms with Gasteiger partial charge in [0.15, 0.2) is 0 Å². The highest BCUT2D eigenvalue weighted by molar-refractivity contribution is 5.21. The van der Waals surface area contributed by atoms with Gasteiger partial charge in [0.1, 0.15) is 11.6 Å². The predicted octanol–water partition coefficient (Wildman–Crippen LogP) is 4.05. The van der Waals surface area contributed by atoms with E-state index in [1.165, 1.54) is 43.9 Å². The Kier molecular flexibility index (Phi) is 3.57. The fourth-order valence-electron chi connectivity index (χ4n) is 3.04. The van der Waals surface area contributed by atoms with Gasteiger partial charge in [0.05, 0.1) is 0 Å². The van der Waals surface area contributed by atoms with Crippen LogP contribution >= 0.6 is 0 Å². The first kappa shape index (κ1) is 13.0. The van der Waals surface area contributed by atoms with Crippen LogP contribution < -0.4 is 5.32 Å². The zero-order valence-corrected chi connectivity index (χ0v) is 11.3. The predicted molar refractivity (Wildman–Crippen MR) is 71.7 cm³/mol. The van der Waals surface area contributed by atoms with E-state index in [4.69, 9.17) is 0 Å². The van der Waals surface area contributed by atoms with Crippen molar-refractivity contribution in [3.63, 3.8) is 0 Å². The highest BCUT2D eigenvalue weighted by Gasteiger charge is 2.41. The van der Waals surface area contributed by atoms with E-state index in [2.05, 4.69) is 5.32 Å². The maximum absolute atomic E-state index is 13.7. The lowest BCUT2D eigenvalue weighted by atomic mass is 9.97. The minimum atomic E-state index is -0.369. The number of hydrogen-bond donors (Lipinski definition) is 1. The second-order valence-corrected chi connectivity index (χ2v) is 6.13. The van der Waals surface area contributed by atoms with Gasteiger partial charge in [-0.1, -0.05) is 0 Å². The lowest BCUT2D eigenvalue weighted by molar-refractivity contribution is 0.359. The Morgan fingerprint density at radius 2 is 1.79 bits per heavy atom. The van der Waals surface area contributed by atoms with Crippen LogP contribution in [0.25, 0.3) is 0 Å². The summed E-state index contributed by atoms with van der Waals surface area (Å²) < 4.78 is 26.9. The third-order valence-corrected chi connectivity index (χ3v) is 4.54. The zero-order valence-electron chi connectivity index (χ0n) is 11.3. The Balaban J connectivity index is 1.60. The molecule has 0 aliphatic heterocycles. The smallest absolute Gasteiger partial charge is 0.128 e. The molecule has 1 aromatic carbocycles. The van der Waals surface area contributed by atoms with E-state index in [-0.39, 0.29) is 17.7 Å². The third-order valence-electron chi connectivity index (χ3n) is 4.54. The first-order valence-corrected chi connectivity index (χ1v) is 7.33. The van der Waals surface area contributed by atoms with Gasteiger partial charge in [0.2, 0.25) is 0 Å². The van der Waals surface area contributed by atoms with Crippen LogP contribution in [0, 0.1) is 29.4 Å². The van der Waals surface area contributed by atoms with E-state index in [9.17, 15) is 8.78 Å². The Morgan fingerprint density at radius 3 is 2.37 bits per heavy atom. The molecule has 0 radical (unpaired) electrons. The molecule has 0 heterocycles. The van der Waals surface area contributed by atoms with Crippen molar-refractivity contribution < 1.29 is 8.78 Å². The summed E-state index contributed by atoms with van der Waals surface area (Å²) in [6, 6.07) is 3.55. The maximum atomic E-state index is 13.7. The van der Waals surface area contributed by atoms with Gasteiger partial charge in [-0.25, -0.2) is 8.78 Å². The molecular weight excluding hydrogens is 244 g/mol. The largest absolute Gasteiger partial charge is 0.310 e. The van der Waals surface area contributed by atoms with Crippen molar-refractivity contribution in [1.82, 2.24) is 5.32 Å². The fourth-order valence-corrected chi connectivity index (χ4v) is 3.04. The van der Waals surface area contributed by atoms with Crippen LogP contribution in [0.3, 0.4) is 0 Å². The van der Waals surface area contributed by atoms with Gasteiger partial charge in [-0.15, -0.1) is 0 Å². The number of hydrogen-bond acceptors (Lipinski definition) is 1. The van der Waals surface area contributed by atoms with E-state index in [1.54, 1.807) is 0 Å². The summed E-state index contributed by atoms with van der Waals surface area (Å²) in [4.78, 5) is 0. The second-order valence-electron chi connectivity index (χ2n) is 6.13. The van der Waals surface area contributed by atoms with Crippen molar-refractivity contribution in [2.45, 2.75) is 38.6 Å². The van der Waals surface area contributed by atoms with Gasteiger partial charge in [0.25, 0.3) is 0 Å². The van der Waals surface area contributed by atoms with Crippen LogP contribution in [-0.4, -0.2) is 6.54 Å². The molecule has 1 atom stereocenters. The van der Waals surface area contributed by atoms with Crippen LogP contribution in [0.15, 0.2) is 18.2 Å². The SMILES string of the molecule is CC(NCC(C1CC1)C1CC1)c1cc(F)ccc1F. The standard InChI is InChI=1S/C16H21F2N/c1-10(14-8-13(17)6-7-16(14)18)19-9-15(11-2-3-11)12-4-5-12/h6-8,10-12,15,19H,2-5,9H2,1H3. The van der Waals surface area contributed by atoms with Crippen molar-refractivity contribution >= 4 is 0 Å². The van der Waals surface area contributed by atoms with Crippen molar-refractivity contribution in [2.75, 3.05) is 6.54 Å². The molecule has 0 aromatic heterocycles. The molecule has 3 heteroatoms. The molecule has 2 aliphatic rings. The van der Waals surface area contributed by atoms with Crippen molar-refractivity contribution in [3.8, 4) is 0 Å². The summed E-state index contributed by atoms with van der Waals surface area (Å²) in [5.74, 6) is 1.81. The normalized spacial score (nSPS) is 20.8. The lowest BCUT2D eigenvalue weighted by Gasteiger charge is -2.21. The first-order chi connectivity index (χ1) is 9.15. The van der Waals surface area contributed by atoms with Gasteiger partial charge < -0.3 is 5.32 Å². The molecule has 2 aliphatic carbocycles. The Labute approximate surface area is 113 Å². The highest BCUT2D eigenvalue weighted by Crippen LogP contribution is 2.49. The van der Waals surface area contributed by atoms with Crippen LogP contribution in [0.4, 0.5) is 8.78 Å². The van der Waals surface area contributed by atoms with Crippen LogP contribution in [0.1, 0.15) is 44.2 Å². The molecule has 0 spiro atoms. The molecule has 19 heavy (non-hydrogen) atoms. The highest BCUT2D eigenvalue weighted by atomic mass is 19.1. The van der Waals surface area contributed by atoms with Gasteiger partial charge in [-0.3, -0.25) is 0 Å². The average molecular weight is 265 g/mol. The molecule has 2 saturated carbocycles. The Hall–Kier alpha value is -0.960. The fraction of sp³-hybridized carbons (Fsp3) is 0.625. The van der Waals surface area contributed by atoms with E-state index in [1.807, 2.05) is 6.92 Å². The molecule has 0 amide bonds. The summed E-state index contributed by atoms with van der Waals surface area (Å²) >= 11 is 0. The van der Waals surface area contributed by atoms with Gasteiger partial charge in [0, 0.05) is 11.6 Å². The second kappa shape index (κ2) is 5.20. The van der Waals surface area contributed by atoms with E-state index >= 15 is 0 Å². The monoisotopic (exact) mass is 265 g/mol. The van der Waals surface area contributed by atoms with Crippen LogP contribution in [-0.2, 0) is 0 Å². The molecule has 1 nitrogen and oxygen atoms in total. The quantitative estimate of drug-likeness (QED) is 0.818. The number of halogens is 2. The molecule has 0 bridgehead atoms. The zero-order chi connectivity index (χ0) is 13.4. The summed E-state index contributed by atoms with van der Waals surface area (Å²) in [6.07, 6.45) is 5.41. The molecule has 0 saturated heterocycles. The van der Waals surface area contributed by atoms with Crippen LogP contribution in [0.5, 0.6) is 0 Å². The molecule has 2 fully saturated rings. The molecule has 104 valence electrons. The number of rotatable bonds is 6. The molecule has 1 unspecified atom stereocenters. The number of nitrogens with one attached hydrogen (secondary N) is 1. The van der Waals surface area contributed by atoms with Crippen LogP contribution in [0.2, 0.25) is 0 Å². The Bertz CT molecular complexity index is 440. The Morgan fingerprint density at radius 1 is 1.16 bits per heavy atom. The summed E-state index contributed by atoms with van der Waals surface area (Å²) in [6.45, 7) is 2.85. The minimum absolute atomic E-state index is 0.129. The summed E-state index contributed by atoms with van der Waals surface area (Å²) in [7, 11) is 0. The molecule has 1 N–H and O–H groups in total. The number of benzene rings is 1. The van der Waals surface area contributed by atoms with Crippen molar-refractivity contribution in [1.29, 1.82) is 0 Å². The minimum Gasteiger partial charge on any atom is -0.310 e. The van der Waals surface area contributed by atoms with Gasteiger partial charge in [-0.2, -0.15) is 0 Å². The van der Waals surface area contributed by atoms with Gasteiger partial charge in [-0.05, 0) is 75.1 Å². The maximum Gasteiger partial charge on any atom is 0.128 e. The molecular formula is C16H21F2N. The summed E-state index contributed by atoms with van der Waals surface area (Å²) in [5.41, 5.74) is 0.436. The topological polar surface area (TPSA) is 12.0 Å². The van der Waals surface area contributed by atoms with E-state index < -0.39 is 0 Å². The van der Waals surface area contributed by atoms with Crippen molar-refractivity contribution in [3.05, 3.63) is 35.4 Å². The lowest BCUT2D eigenvalue weighted by Crippen LogP contribution is -2.28. The van der Waals surface area contributed by atoms with E-state index in [0.29, 0.717) is 5.56 Å². The third kappa shape index (κ3) is 3.14. The van der Waals surface area contributed by atoms with Gasteiger partial charge >= 0.3 is 0 Å². The first-order valence-electron chi connectivity index (χ1n) is 7.33. The molecule has 3 rings (SSSR count). The van der Waals surface area contributed by atoms with Crippen molar-refractivity contribution in [2.24, 2.45) is 17.8 Å². The average Bonchev–Trinajstić information content (AvgIpc) is 3.25. The molecule has 1 aromatic rings. The van der Waals surface area contributed by atoms with E-state index in [0.717, 1.165) is 24.3 Å².